The molecule has 0 aliphatic carbocycles. The molecule has 1 atom stereocenters. The topological polar surface area (TPSA) is 78.0 Å². The predicted octanol–water partition coefficient (Wildman–Crippen LogP) is 4.09. The van der Waals surface area contributed by atoms with Crippen molar-refractivity contribution in [2.75, 3.05) is 34.2 Å². The zero-order valence-electron chi connectivity index (χ0n) is 20.7. The summed E-state index contributed by atoms with van der Waals surface area (Å²) >= 11 is 5.47. The van der Waals surface area contributed by atoms with E-state index in [9.17, 15) is 4.79 Å². The van der Waals surface area contributed by atoms with Crippen LogP contribution in [0.15, 0.2) is 48.5 Å². The number of benzene rings is 2. The molecule has 0 saturated heterocycles. The Morgan fingerprint density at radius 3 is 2.38 bits per heavy atom. The Kier molecular flexibility index (Phi) is 11.1. The van der Waals surface area contributed by atoms with Crippen LogP contribution in [0.3, 0.4) is 0 Å². The molecule has 1 unspecified atom stereocenters. The number of ether oxygens (including phenoxy) is 4. The van der Waals surface area contributed by atoms with E-state index in [1.54, 1.807) is 14.2 Å². The molecule has 0 amide bonds. The Balaban J connectivity index is 1.90. The fraction of sp³-hybridized carbons (Fsp3) is 0.462. The van der Waals surface area contributed by atoms with Crippen LogP contribution in [0.4, 0.5) is 0 Å². The summed E-state index contributed by atoms with van der Waals surface area (Å²) in [4.78, 5) is 12.2. The van der Waals surface area contributed by atoms with E-state index < -0.39 is 5.41 Å². The van der Waals surface area contributed by atoms with Crippen LogP contribution in [0.25, 0.3) is 0 Å². The summed E-state index contributed by atoms with van der Waals surface area (Å²) in [5, 5.41) is 7.00. The average Bonchev–Trinajstić information content (AvgIpc) is 2.83. The second kappa shape index (κ2) is 13.8. The highest BCUT2D eigenvalue weighted by Gasteiger charge is 2.24. The van der Waals surface area contributed by atoms with Crippen LogP contribution in [0, 0.1) is 11.3 Å². The van der Waals surface area contributed by atoms with Gasteiger partial charge in [0.25, 0.3) is 0 Å². The first-order valence-corrected chi connectivity index (χ1v) is 11.6. The van der Waals surface area contributed by atoms with Crippen LogP contribution >= 0.6 is 12.2 Å². The third-order valence-electron chi connectivity index (χ3n) is 4.99. The lowest BCUT2D eigenvalue weighted by Gasteiger charge is -2.22. The van der Waals surface area contributed by atoms with Gasteiger partial charge in [-0.25, -0.2) is 0 Å². The highest BCUT2D eigenvalue weighted by Crippen LogP contribution is 2.28. The van der Waals surface area contributed by atoms with Gasteiger partial charge >= 0.3 is 5.97 Å². The molecule has 0 spiro atoms. The molecule has 2 aromatic carbocycles. The Hall–Kier alpha value is -2.84. The van der Waals surface area contributed by atoms with E-state index in [1.807, 2.05) is 57.2 Å². The monoisotopic (exact) mass is 488 g/mol. The van der Waals surface area contributed by atoms with Gasteiger partial charge < -0.3 is 29.6 Å². The number of hydrogen-bond donors (Lipinski definition) is 2. The number of thiocarbonyl (C=S) groups is 1. The van der Waals surface area contributed by atoms with E-state index in [2.05, 4.69) is 22.8 Å². The molecule has 8 heteroatoms. The molecular formula is C26H36N2O5S. The van der Waals surface area contributed by atoms with Crippen molar-refractivity contribution >= 4 is 23.3 Å². The largest absolute Gasteiger partial charge is 0.493 e. The fourth-order valence-corrected chi connectivity index (χ4v) is 3.25. The minimum absolute atomic E-state index is 0.0748. The van der Waals surface area contributed by atoms with Crippen LogP contribution in [-0.4, -0.2) is 45.2 Å². The number of hydrogen-bond acceptors (Lipinski definition) is 6. The quantitative estimate of drug-likeness (QED) is 0.263. The first-order chi connectivity index (χ1) is 16.2. The molecule has 2 N–H and O–H groups in total. The van der Waals surface area contributed by atoms with E-state index in [0.717, 1.165) is 12.0 Å². The van der Waals surface area contributed by atoms with Crippen LogP contribution in [0.5, 0.6) is 11.5 Å². The van der Waals surface area contributed by atoms with Crippen molar-refractivity contribution in [3.05, 3.63) is 59.7 Å². The smallest absolute Gasteiger partial charge is 0.311 e. The first-order valence-electron chi connectivity index (χ1n) is 11.2. The number of rotatable bonds is 12. The molecular weight excluding hydrogens is 452 g/mol. The van der Waals surface area contributed by atoms with E-state index in [-0.39, 0.29) is 18.7 Å². The molecule has 0 aliphatic rings. The second-order valence-electron chi connectivity index (χ2n) is 9.00. The van der Waals surface area contributed by atoms with Gasteiger partial charge in [-0.3, -0.25) is 4.79 Å². The Bertz CT molecular complexity index is 915. The summed E-state index contributed by atoms with van der Waals surface area (Å²) in [7, 11) is 3.16. The summed E-state index contributed by atoms with van der Waals surface area (Å²) in [6.07, 6.45) is 0.772. The molecule has 0 saturated carbocycles. The lowest BCUT2D eigenvalue weighted by molar-refractivity contribution is -0.154. The number of esters is 1. The summed E-state index contributed by atoms with van der Waals surface area (Å²) in [5.41, 5.74) is 1.64. The Morgan fingerprint density at radius 1 is 1.00 bits per heavy atom. The number of carbonyl (C=O) groups excluding carboxylic acids is 1. The predicted molar refractivity (Wildman–Crippen MR) is 137 cm³/mol. The van der Waals surface area contributed by atoms with Gasteiger partial charge in [-0.05, 0) is 62.7 Å². The highest BCUT2D eigenvalue weighted by molar-refractivity contribution is 7.80. The van der Waals surface area contributed by atoms with E-state index in [4.69, 9.17) is 31.2 Å². The van der Waals surface area contributed by atoms with Gasteiger partial charge in [0.2, 0.25) is 0 Å². The molecule has 0 bridgehead atoms. The molecule has 7 nitrogen and oxygen atoms in total. The molecule has 0 radical (unpaired) electrons. The van der Waals surface area contributed by atoms with Crippen molar-refractivity contribution in [2.24, 2.45) is 11.3 Å². The molecule has 0 aliphatic heterocycles. The molecule has 0 heterocycles. The maximum absolute atomic E-state index is 12.2. The zero-order valence-corrected chi connectivity index (χ0v) is 21.5. The second-order valence-corrected chi connectivity index (χ2v) is 9.41. The van der Waals surface area contributed by atoms with Crippen LogP contribution in [0.2, 0.25) is 0 Å². The van der Waals surface area contributed by atoms with E-state index >= 15 is 0 Å². The zero-order chi connectivity index (χ0) is 25.0. The van der Waals surface area contributed by atoms with E-state index in [1.165, 1.54) is 5.56 Å². The van der Waals surface area contributed by atoms with E-state index in [0.29, 0.717) is 36.3 Å². The minimum Gasteiger partial charge on any atom is -0.493 e. The highest BCUT2D eigenvalue weighted by atomic mass is 32.1. The van der Waals surface area contributed by atoms with Gasteiger partial charge in [-0.15, -0.1) is 0 Å². The van der Waals surface area contributed by atoms with Crippen LogP contribution in [-0.2, 0) is 27.2 Å². The molecule has 34 heavy (non-hydrogen) atoms. The lowest BCUT2D eigenvalue weighted by Crippen LogP contribution is -2.39. The number of carbonyl (C=O) groups is 1. The minimum atomic E-state index is -0.535. The third-order valence-corrected chi connectivity index (χ3v) is 5.28. The number of nitrogens with one attached hydrogen (secondary N) is 2. The van der Waals surface area contributed by atoms with Gasteiger partial charge in [0, 0.05) is 26.1 Å². The van der Waals surface area contributed by atoms with Gasteiger partial charge in [0.15, 0.2) is 23.4 Å². The maximum atomic E-state index is 12.2. The summed E-state index contributed by atoms with van der Waals surface area (Å²) < 4.78 is 21.4. The normalized spacial score (nSPS) is 11.9. The molecule has 2 rings (SSSR count). The summed E-state index contributed by atoms with van der Waals surface area (Å²) in [5.74, 6) is 1.10. The van der Waals surface area contributed by atoms with Crippen molar-refractivity contribution in [3.63, 3.8) is 0 Å². The van der Waals surface area contributed by atoms with Gasteiger partial charge in [0.05, 0.1) is 19.1 Å². The van der Waals surface area contributed by atoms with Crippen molar-refractivity contribution < 1.29 is 23.7 Å². The third kappa shape index (κ3) is 9.57. The first kappa shape index (κ1) is 27.4. The van der Waals surface area contributed by atoms with Gasteiger partial charge in [0.1, 0.15) is 0 Å². The Morgan fingerprint density at radius 2 is 1.74 bits per heavy atom. The fourth-order valence-electron chi connectivity index (χ4n) is 3.09. The van der Waals surface area contributed by atoms with Crippen molar-refractivity contribution in [3.8, 4) is 11.5 Å². The van der Waals surface area contributed by atoms with Crippen molar-refractivity contribution in [1.29, 1.82) is 0 Å². The molecule has 0 aromatic heterocycles. The lowest BCUT2D eigenvalue weighted by atomic mass is 9.97. The van der Waals surface area contributed by atoms with Crippen molar-refractivity contribution in [1.82, 2.24) is 10.6 Å². The van der Waals surface area contributed by atoms with Gasteiger partial charge in [-0.2, -0.15) is 0 Å². The molecule has 2 aromatic rings. The summed E-state index contributed by atoms with van der Waals surface area (Å²) in [6.45, 7) is 7.12. The van der Waals surface area contributed by atoms with Gasteiger partial charge in [-0.1, -0.05) is 36.4 Å². The SMILES string of the molecule is COCOc1ccc(CNC(=S)NCC(COC(=O)C(C)(C)C)Cc2ccccc2)cc1OC. The van der Waals surface area contributed by atoms with Crippen LogP contribution < -0.4 is 20.1 Å². The maximum Gasteiger partial charge on any atom is 0.311 e. The van der Waals surface area contributed by atoms with Crippen LogP contribution in [0.1, 0.15) is 31.9 Å². The summed E-state index contributed by atoms with van der Waals surface area (Å²) in [6, 6.07) is 15.8. The van der Waals surface area contributed by atoms with Crippen molar-refractivity contribution in [2.45, 2.75) is 33.7 Å². The molecule has 186 valence electrons. The number of methoxy groups -OCH3 is 2. The average molecular weight is 489 g/mol. The Labute approximate surface area is 208 Å². The molecule has 0 fully saturated rings. The standard InChI is InChI=1S/C26H36N2O5S/c1-26(2,3)24(29)32-17-21(13-19-9-7-6-8-10-19)16-28-25(34)27-15-20-11-12-22(33-18-30-4)23(14-20)31-5/h6-12,14,21H,13,15-18H2,1-5H3,(H2,27,28,34).